The topological polar surface area (TPSA) is 381 Å². The molecule has 31 heteroatoms. The lowest BCUT2D eigenvalue weighted by Gasteiger charge is -2.37. The van der Waals surface area contributed by atoms with E-state index in [1.807, 2.05) is 231 Å². The molecular formula is C92H102N12O17P2. The quantitative estimate of drug-likeness (QED) is 0.0134. The van der Waals surface area contributed by atoms with Crippen molar-refractivity contribution in [3.63, 3.8) is 0 Å². The third-order valence-electron chi connectivity index (χ3n) is 19.5. The highest BCUT2D eigenvalue weighted by Crippen LogP contribution is 2.44. The Morgan fingerprint density at radius 3 is 0.967 bits per heavy atom. The van der Waals surface area contributed by atoms with E-state index >= 15 is 0 Å². The molecule has 642 valence electrons. The first kappa shape index (κ1) is 92.5. The van der Waals surface area contributed by atoms with Crippen LogP contribution in [0, 0.1) is 0 Å². The monoisotopic (exact) mass is 1710 g/mol. The summed E-state index contributed by atoms with van der Waals surface area (Å²) < 4.78 is 69.0. The molecule has 9 aromatic carbocycles. The third-order valence-corrected chi connectivity index (χ3v) is 20.7. The van der Waals surface area contributed by atoms with Gasteiger partial charge >= 0.3 is 22.8 Å². The SMILES string of the molecule is COC[C@@H](O)Cn1ccc(NC(c2ccccc2)(c2ccccc2)c2ccc(OC)cc2)nc1=O.COC[C@H](Cn1ccc(N)nc1=O)OCP(C)(=O)O.COC[C@H](Cn1ccc(NC(c2ccccc2)(c2ccccc2)c2ccc(OC)cc2)nc1=O)OCP(C)(=O)O.COc1ccc(C(Nc2ccnc(=O)[nH]2)(c2ccccc2)c2ccccc2)cc1. The Morgan fingerprint density at radius 2 is 0.683 bits per heavy atom. The maximum Gasteiger partial charge on any atom is 0.349 e. The van der Waals surface area contributed by atoms with Gasteiger partial charge in [-0.2, -0.15) is 15.0 Å². The van der Waals surface area contributed by atoms with Gasteiger partial charge in [-0.25, -0.2) is 24.2 Å². The molecule has 4 heterocycles. The highest BCUT2D eigenvalue weighted by atomic mass is 31.2. The van der Waals surface area contributed by atoms with Crippen LogP contribution in [0.5, 0.6) is 17.2 Å². The molecule has 2 unspecified atom stereocenters. The van der Waals surface area contributed by atoms with Crippen LogP contribution in [-0.2, 0) is 69.1 Å². The number of aliphatic hydroxyl groups is 1. The van der Waals surface area contributed by atoms with E-state index in [0.717, 1.165) is 67.3 Å². The van der Waals surface area contributed by atoms with Gasteiger partial charge in [-0.05, 0) is 111 Å². The fourth-order valence-corrected chi connectivity index (χ4v) is 14.7. The van der Waals surface area contributed by atoms with Crippen molar-refractivity contribution in [1.29, 1.82) is 0 Å². The molecule has 29 nitrogen and oxygen atoms in total. The number of rotatable bonds is 36. The summed E-state index contributed by atoms with van der Waals surface area (Å²) in [6.45, 7) is 3.27. The van der Waals surface area contributed by atoms with Crippen LogP contribution in [0.2, 0.25) is 0 Å². The highest BCUT2D eigenvalue weighted by Gasteiger charge is 2.40. The summed E-state index contributed by atoms with van der Waals surface area (Å²) in [5.74, 6) is 3.76. The van der Waals surface area contributed by atoms with E-state index in [9.17, 15) is 43.2 Å². The number of nitrogen functional groups attached to an aromatic ring is 1. The van der Waals surface area contributed by atoms with E-state index in [1.165, 1.54) is 66.8 Å². The van der Waals surface area contributed by atoms with E-state index in [-0.39, 0.29) is 58.0 Å². The molecule has 0 aliphatic carbocycles. The lowest BCUT2D eigenvalue weighted by molar-refractivity contribution is 0.00592. The first-order valence-electron chi connectivity index (χ1n) is 39.0. The predicted molar refractivity (Wildman–Crippen MR) is 476 cm³/mol. The van der Waals surface area contributed by atoms with Gasteiger partial charge in [-0.15, -0.1) is 0 Å². The van der Waals surface area contributed by atoms with Gasteiger partial charge in [0.05, 0.1) is 79.1 Å². The standard InChI is InChI=1S/C30H34N3O6P.C28H29N3O4.C24H21N3O2.C10H18N3O5P/c1-37-21-27(39-22-40(3,35)36)20-33-19-18-28(31-29(33)34)32-30(23-10-6-4-7-11-23,24-12-8-5-9-13-24)25-14-16-26(38-2)17-15-25;1-34-20-24(32)19-31-18-17-26(29-27(31)33)30-28(21-9-5-3-6-10-21,22-11-7-4-8-12-22)23-13-15-25(35-2)16-14-23;1-29-21-14-12-20(13-15-21)24(18-8-4-2-5-9-18,19-10-6-3-7-11-19)27-22-16-17-25-23(28)26-22;1-17-6-8(18-7-19(2,15)16)5-13-4-3-9(11)12-10(13)14/h4-19,27H,20-22H2,1-3H3,(H,35,36)(H,31,32,34);3-18,24,32H,19-20H2,1-2H3,(H,29,30,33);2-17H,1H3,(H2,25,26,27,28);3-4,8H,5-7H2,1-2H3,(H,15,16)(H2,11,12,14)/t27-;24-;;8-/m00.0/s1. The van der Waals surface area contributed by atoms with Crippen LogP contribution >= 0.6 is 14.7 Å². The average molecular weight is 1710 g/mol. The molecule has 13 aromatic rings. The Balaban J connectivity index is 0.000000177. The Bertz CT molecular complexity index is 5650. The molecule has 0 saturated carbocycles. The minimum absolute atomic E-state index is 0.0982. The number of methoxy groups -OCH3 is 6. The zero-order chi connectivity index (χ0) is 87.8. The summed E-state index contributed by atoms with van der Waals surface area (Å²) in [5, 5.41) is 20.8. The van der Waals surface area contributed by atoms with Crippen LogP contribution < -0.4 is 58.7 Å². The van der Waals surface area contributed by atoms with Crippen molar-refractivity contribution < 1.29 is 61.9 Å². The van der Waals surface area contributed by atoms with Gasteiger partial charge in [0.25, 0.3) is 0 Å². The predicted octanol–water partition coefficient (Wildman–Crippen LogP) is 12.1. The van der Waals surface area contributed by atoms with Gasteiger partial charge in [-0.1, -0.05) is 218 Å². The Labute approximate surface area is 712 Å². The molecule has 0 fully saturated rings. The molecule has 9 N–H and O–H groups in total. The van der Waals surface area contributed by atoms with Crippen molar-refractivity contribution in [1.82, 2.24) is 38.6 Å². The first-order valence-corrected chi connectivity index (χ1v) is 43.5. The molecular weight excluding hydrogens is 1610 g/mol. The van der Waals surface area contributed by atoms with Gasteiger partial charge in [0.15, 0.2) is 0 Å². The normalized spacial score (nSPS) is 13.0. The van der Waals surface area contributed by atoms with Crippen molar-refractivity contribution >= 4 is 38.0 Å². The summed E-state index contributed by atoms with van der Waals surface area (Å²) in [6.07, 6.45) is 3.69. The van der Waals surface area contributed by atoms with Crippen LogP contribution in [0.1, 0.15) is 50.1 Å². The average Bonchev–Trinajstić information content (AvgIpc) is 0.759. The van der Waals surface area contributed by atoms with Crippen LogP contribution in [0.4, 0.5) is 23.3 Å². The molecule has 123 heavy (non-hydrogen) atoms. The van der Waals surface area contributed by atoms with Crippen molar-refractivity contribution in [2.75, 3.05) is 110 Å². The van der Waals surface area contributed by atoms with E-state index in [1.54, 1.807) is 51.9 Å². The zero-order valence-electron chi connectivity index (χ0n) is 69.4. The minimum atomic E-state index is -3.38. The van der Waals surface area contributed by atoms with Gasteiger partial charge in [0.1, 0.15) is 69.8 Å². The highest BCUT2D eigenvalue weighted by molar-refractivity contribution is 7.57. The molecule has 0 radical (unpaired) electrons. The number of ether oxygens (including phenoxy) is 8. The number of hydrogen-bond acceptors (Lipinski definition) is 23. The van der Waals surface area contributed by atoms with Crippen LogP contribution in [0.15, 0.2) is 323 Å². The second kappa shape index (κ2) is 44.7. The van der Waals surface area contributed by atoms with Crippen LogP contribution in [0.3, 0.4) is 0 Å². The first-order chi connectivity index (χ1) is 59.3. The number of nitrogens with one attached hydrogen (secondary N) is 4. The maximum atomic E-state index is 13.2. The Kier molecular flexibility index (Phi) is 33.6. The molecule has 0 aliphatic rings. The van der Waals surface area contributed by atoms with E-state index in [4.69, 9.17) is 43.6 Å². The fraction of sp³-hybridized carbons (Fsp3) is 0.239. The number of nitrogens with two attached hydrogens (primary N) is 1. The lowest BCUT2D eigenvalue weighted by Crippen LogP contribution is -2.39. The van der Waals surface area contributed by atoms with Crippen LogP contribution in [-0.4, -0.2) is 160 Å². The smallest absolute Gasteiger partial charge is 0.349 e. The summed E-state index contributed by atoms with van der Waals surface area (Å²) in [5.41, 5.74) is 9.90. The number of aromatic amines is 1. The number of H-pyrrole nitrogens is 1. The number of hydrogen-bond donors (Lipinski definition) is 8. The van der Waals surface area contributed by atoms with Crippen molar-refractivity contribution in [3.8, 4) is 17.2 Å². The van der Waals surface area contributed by atoms with Gasteiger partial charge < -0.3 is 74.5 Å². The maximum absolute atomic E-state index is 13.2. The molecule has 0 spiro atoms. The number of aromatic nitrogens is 8. The number of benzene rings is 9. The summed E-state index contributed by atoms with van der Waals surface area (Å²) in [7, 11) is 2.74. The summed E-state index contributed by atoms with van der Waals surface area (Å²) in [4.78, 5) is 86.9. The van der Waals surface area contributed by atoms with Crippen molar-refractivity contribution in [2.45, 2.75) is 54.6 Å². The van der Waals surface area contributed by atoms with E-state index in [2.05, 4.69) is 65.1 Å². The largest absolute Gasteiger partial charge is 0.497 e. The molecule has 0 saturated heterocycles. The number of nitrogens with zero attached hydrogens (tertiary/aromatic N) is 7. The Morgan fingerprint density at radius 1 is 0.390 bits per heavy atom. The van der Waals surface area contributed by atoms with Gasteiger partial charge in [-0.3, -0.25) is 27.8 Å². The third kappa shape index (κ3) is 25.4. The second-order valence-electron chi connectivity index (χ2n) is 28.5. The minimum Gasteiger partial charge on any atom is -0.497 e. The summed E-state index contributed by atoms with van der Waals surface area (Å²) >= 11 is 0. The molecule has 4 aromatic heterocycles. The van der Waals surface area contributed by atoms with Gasteiger partial charge in [0, 0.05) is 59.4 Å². The van der Waals surface area contributed by atoms with Crippen molar-refractivity contribution in [3.05, 3.63) is 396 Å². The number of aliphatic hydroxyl groups excluding tert-OH is 1. The zero-order valence-corrected chi connectivity index (χ0v) is 71.2. The Hall–Kier alpha value is -12.8. The van der Waals surface area contributed by atoms with Gasteiger partial charge in [0.2, 0.25) is 14.7 Å². The molecule has 13 rings (SSSR count). The summed E-state index contributed by atoms with van der Waals surface area (Å²) in [6, 6.07) is 90.6. The van der Waals surface area contributed by atoms with Crippen LogP contribution in [0.25, 0.3) is 0 Å². The molecule has 0 amide bonds. The lowest BCUT2D eigenvalue weighted by atomic mass is 9.77. The van der Waals surface area contributed by atoms with Crippen molar-refractivity contribution in [2.24, 2.45) is 0 Å². The molecule has 0 aliphatic heterocycles. The van der Waals surface area contributed by atoms with E-state index in [0.29, 0.717) is 17.5 Å². The molecule has 0 bridgehead atoms. The fourth-order valence-electron chi connectivity index (χ4n) is 13.8. The number of anilines is 4. The second-order valence-corrected chi connectivity index (χ2v) is 33.3. The molecule has 5 atom stereocenters. The van der Waals surface area contributed by atoms with E-state index < -0.39 is 72.4 Å².